The van der Waals surface area contributed by atoms with Gasteiger partial charge in [0.1, 0.15) is 23.1 Å². The van der Waals surface area contributed by atoms with Crippen LogP contribution in [0.1, 0.15) is 30.0 Å². The molecule has 0 aromatic heterocycles. The van der Waals surface area contributed by atoms with Gasteiger partial charge in [-0.25, -0.2) is 8.78 Å². The topological polar surface area (TPSA) is 21.3 Å². The van der Waals surface area contributed by atoms with Gasteiger partial charge in [-0.05, 0) is 37.5 Å². The van der Waals surface area contributed by atoms with Crippen molar-refractivity contribution in [3.05, 3.63) is 59.2 Å². The number of para-hydroxylation sites is 2. The minimum Gasteiger partial charge on any atom is -0.493 e. The van der Waals surface area contributed by atoms with Crippen LogP contribution in [0.25, 0.3) is 0 Å². The summed E-state index contributed by atoms with van der Waals surface area (Å²) >= 11 is 0. The Hall–Kier alpha value is -2.10. The number of hydrogen-bond acceptors (Lipinski definition) is 2. The summed E-state index contributed by atoms with van der Waals surface area (Å²) in [6.45, 7) is 2.60. The first-order valence-corrected chi connectivity index (χ1v) is 7.09. The van der Waals surface area contributed by atoms with E-state index in [2.05, 4.69) is 5.32 Å². The van der Waals surface area contributed by atoms with E-state index in [0.29, 0.717) is 6.61 Å². The smallest absolute Gasteiger partial charge is 0.149 e. The summed E-state index contributed by atoms with van der Waals surface area (Å²) in [5.41, 5.74) is 1.92. The molecular weight excluding hydrogens is 272 g/mol. The van der Waals surface area contributed by atoms with Gasteiger partial charge >= 0.3 is 0 Å². The van der Waals surface area contributed by atoms with Crippen LogP contribution in [0, 0.1) is 18.6 Å². The summed E-state index contributed by atoms with van der Waals surface area (Å²) in [7, 11) is 0. The Bertz CT molecular complexity index is 637. The Morgan fingerprint density at radius 3 is 2.57 bits per heavy atom. The van der Waals surface area contributed by atoms with E-state index in [1.807, 2.05) is 25.1 Å². The molecule has 110 valence electrons. The highest BCUT2D eigenvalue weighted by molar-refractivity contribution is 5.51. The fourth-order valence-corrected chi connectivity index (χ4v) is 2.72. The van der Waals surface area contributed by atoms with Crippen molar-refractivity contribution < 1.29 is 13.5 Å². The second kappa shape index (κ2) is 5.72. The number of nitrogens with one attached hydrogen (secondary N) is 1. The van der Waals surface area contributed by atoms with Crippen LogP contribution >= 0.6 is 0 Å². The maximum absolute atomic E-state index is 13.8. The first kappa shape index (κ1) is 13.9. The van der Waals surface area contributed by atoms with E-state index >= 15 is 0 Å². The molecule has 0 fully saturated rings. The molecule has 0 bridgehead atoms. The summed E-state index contributed by atoms with van der Waals surface area (Å²) in [4.78, 5) is 0. The fraction of sp³-hybridized carbons (Fsp3) is 0.294. The molecule has 1 aliphatic rings. The van der Waals surface area contributed by atoms with Crippen molar-refractivity contribution in [2.75, 3.05) is 11.9 Å². The van der Waals surface area contributed by atoms with Crippen LogP contribution in [0.4, 0.5) is 14.5 Å². The lowest BCUT2D eigenvalue weighted by molar-refractivity contribution is 0.314. The van der Waals surface area contributed by atoms with Gasteiger partial charge in [-0.1, -0.05) is 24.3 Å². The lowest BCUT2D eigenvalue weighted by Crippen LogP contribution is -2.12. The van der Waals surface area contributed by atoms with Crippen molar-refractivity contribution in [1.29, 1.82) is 0 Å². The highest BCUT2D eigenvalue weighted by Gasteiger charge is 2.22. The molecule has 1 heterocycles. The number of ether oxygens (including phenoxy) is 1. The molecule has 2 aromatic carbocycles. The van der Waals surface area contributed by atoms with Crippen molar-refractivity contribution >= 4 is 5.69 Å². The maximum atomic E-state index is 13.8. The number of benzene rings is 2. The highest BCUT2D eigenvalue weighted by atomic mass is 19.1. The van der Waals surface area contributed by atoms with Gasteiger partial charge in [0, 0.05) is 5.56 Å². The quantitative estimate of drug-likeness (QED) is 0.872. The van der Waals surface area contributed by atoms with Crippen molar-refractivity contribution in [3.63, 3.8) is 0 Å². The van der Waals surface area contributed by atoms with E-state index in [4.69, 9.17) is 4.74 Å². The number of rotatable bonds is 2. The van der Waals surface area contributed by atoms with Gasteiger partial charge in [-0.15, -0.1) is 0 Å². The standard InChI is InChI=1S/C17H17F2NO/c1-11-5-2-6-12-15(9-4-10-21-17(11)12)20-16-13(18)7-3-8-14(16)19/h2-3,5-8,15,20H,4,9-10H2,1H3. The number of fused-ring (bicyclic) bond motifs is 1. The van der Waals surface area contributed by atoms with Gasteiger partial charge in [0.2, 0.25) is 0 Å². The predicted molar refractivity (Wildman–Crippen MR) is 78.6 cm³/mol. The Morgan fingerprint density at radius 2 is 1.81 bits per heavy atom. The van der Waals surface area contributed by atoms with Crippen LogP contribution in [0.2, 0.25) is 0 Å². The third-order valence-electron chi connectivity index (χ3n) is 3.78. The summed E-state index contributed by atoms with van der Waals surface area (Å²) in [5, 5.41) is 3.01. The summed E-state index contributed by atoms with van der Waals surface area (Å²) in [5.74, 6) is -0.326. The van der Waals surface area contributed by atoms with Gasteiger partial charge in [0.15, 0.2) is 0 Å². The molecule has 1 atom stereocenters. The molecule has 2 nitrogen and oxygen atoms in total. The second-order valence-corrected chi connectivity index (χ2v) is 5.28. The zero-order chi connectivity index (χ0) is 14.8. The predicted octanol–water partition coefficient (Wildman–Crippen LogP) is 4.60. The normalized spacial score (nSPS) is 17.6. The van der Waals surface area contributed by atoms with Crippen LogP contribution in [0.5, 0.6) is 5.75 Å². The number of hydrogen-bond donors (Lipinski definition) is 1. The summed E-state index contributed by atoms with van der Waals surface area (Å²) < 4.78 is 33.4. The zero-order valence-corrected chi connectivity index (χ0v) is 11.8. The molecule has 0 saturated carbocycles. The van der Waals surface area contributed by atoms with E-state index in [-0.39, 0.29) is 11.7 Å². The molecule has 0 spiro atoms. The minimum atomic E-state index is -0.575. The molecule has 21 heavy (non-hydrogen) atoms. The average molecular weight is 289 g/mol. The number of halogens is 2. The highest BCUT2D eigenvalue weighted by Crippen LogP contribution is 2.36. The summed E-state index contributed by atoms with van der Waals surface area (Å²) in [6.07, 6.45) is 1.60. The molecule has 0 amide bonds. The first-order chi connectivity index (χ1) is 10.2. The van der Waals surface area contributed by atoms with E-state index in [0.717, 1.165) is 29.7 Å². The van der Waals surface area contributed by atoms with Crippen LogP contribution in [-0.4, -0.2) is 6.61 Å². The lowest BCUT2D eigenvalue weighted by Gasteiger charge is -2.21. The van der Waals surface area contributed by atoms with Gasteiger partial charge < -0.3 is 10.1 Å². The fourth-order valence-electron chi connectivity index (χ4n) is 2.72. The molecule has 1 unspecified atom stereocenters. The molecular formula is C17H17F2NO. The third-order valence-corrected chi connectivity index (χ3v) is 3.78. The van der Waals surface area contributed by atoms with Crippen molar-refractivity contribution in [1.82, 2.24) is 0 Å². The molecule has 2 aromatic rings. The Balaban J connectivity index is 1.98. The third kappa shape index (κ3) is 2.71. The Morgan fingerprint density at radius 1 is 1.10 bits per heavy atom. The molecule has 1 N–H and O–H groups in total. The van der Waals surface area contributed by atoms with Crippen LogP contribution in [-0.2, 0) is 0 Å². The monoisotopic (exact) mass is 289 g/mol. The molecule has 0 radical (unpaired) electrons. The van der Waals surface area contributed by atoms with Gasteiger partial charge in [-0.2, -0.15) is 0 Å². The number of anilines is 1. The zero-order valence-electron chi connectivity index (χ0n) is 11.8. The largest absolute Gasteiger partial charge is 0.493 e. The minimum absolute atomic E-state index is 0.0724. The Labute approximate surface area is 122 Å². The van der Waals surface area contributed by atoms with Crippen molar-refractivity contribution in [2.24, 2.45) is 0 Å². The van der Waals surface area contributed by atoms with Gasteiger partial charge in [0.05, 0.1) is 12.6 Å². The van der Waals surface area contributed by atoms with Crippen molar-refractivity contribution in [2.45, 2.75) is 25.8 Å². The molecule has 1 aliphatic heterocycles. The van der Waals surface area contributed by atoms with E-state index < -0.39 is 11.6 Å². The maximum Gasteiger partial charge on any atom is 0.149 e. The lowest BCUT2D eigenvalue weighted by atomic mass is 9.99. The molecule has 0 saturated heterocycles. The SMILES string of the molecule is Cc1cccc2c1OCCCC2Nc1c(F)cccc1F. The van der Waals surface area contributed by atoms with Crippen molar-refractivity contribution in [3.8, 4) is 5.75 Å². The van der Waals surface area contributed by atoms with Crippen LogP contribution in [0.15, 0.2) is 36.4 Å². The van der Waals surface area contributed by atoms with Gasteiger partial charge in [-0.3, -0.25) is 0 Å². The van der Waals surface area contributed by atoms with E-state index in [1.54, 1.807) is 0 Å². The Kier molecular flexibility index (Phi) is 3.78. The van der Waals surface area contributed by atoms with E-state index in [1.165, 1.54) is 18.2 Å². The molecule has 4 heteroatoms. The summed E-state index contributed by atoms with van der Waals surface area (Å²) in [6, 6.07) is 9.59. The first-order valence-electron chi connectivity index (χ1n) is 7.09. The number of aryl methyl sites for hydroxylation is 1. The molecule has 3 rings (SSSR count). The van der Waals surface area contributed by atoms with Gasteiger partial charge in [0.25, 0.3) is 0 Å². The molecule has 0 aliphatic carbocycles. The van der Waals surface area contributed by atoms with Crippen LogP contribution in [0.3, 0.4) is 0 Å². The average Bonchev–Trinajstić information content (AvgIpc) is 2.67. The second-order valence-electron chi connectivity index (χ2n) is 5.28. The van der Waals surface area contributed by atoms with E-state index in [9.17, 15) is 8.78 Å². The van der Waals surface area contributed by atoms with Crippen LogP contribution < -0.4 is 10.1 Å².